The van der Waals surface area contributed by atoms with Crippen LogP contribution in [0.4, 0.5) is 0 Å². The van der Waals surface area contributed by atoms with Gasteiger partial charge in [0.25, 0.3) is 5.91 Å². The Bertz CT molecular complexity index is 608. The molecule has 0 fully saturated rings. The van der Waals surface area contributed by atoms with Crippen molar-refractivity contribution in [3.63, 3.8) is 0 Å². The van der Waals surface area contributed by atoms with Gasteiger partial charge in [0, 0.05) is 32.8 Å². The van der Waals surface area contributed by atoms with E-state index in [9.17, 15) is 9.90 Å². The number of hydrogen-bond acceptors (Lipinski definition) is 6. The van der Waals surface area contributed by atoms with E-state index in [1.54, 1.807) is 13.2 Å². The number of benzene rings is 1. The smallest absolute Gasteiger partial charge is 0.255 e. The maximum Gasteiger partial charge on any atom is 0.255 e. The normalized spacial score (nSPS) is 13.5. The van der Waals surface area contributed by atoms with Gasteiger partial charge in [0.1, 0.15) is 5.75 Å². The summed E-state index contributed by atoms with van der Waals surface area (Å²) in [7, 11) is 1.68. The Morgan fingerprint density at radius 1 is 1.12 bits per heavy atom. The van der Waals surface area contributed by atoms with Crippen LogP contribution < -0.4 is 21.1 Å². The number of aliphatic hydroxyl groups excluding tert-OH is 1. The van der Waals surface area contributed by atoms with Crippen LogP contribution in [0, 0.1) is 11.8 Å². The van der Waals surface area contributed by atoms with E-state index >= 15 is 0 Å². The topological polar surface area (TPSA) is 106 Å². The first-order valence-electron chi connectivity index (χ1n) is 11.0. The highest BCUT2D eigenvalue weighted by Gasteiger charge is 2.23. The van der Waals surface area contributed by atoms with Gasteiger partial charge in [-0.3, -0.25) is 4.79 Å². The van der Waals surface area contributed by atoms with Crippen molar-refractivity contribution in [1.82, 2.24) is 10.6 Å². The van der Waals surface area contributed by atoms with Gasteiger partial charge in [-0.25, -0.2) is 0 Å². The molecule has 0 aromatic heterocycles. The Balaban J connectivity index is 0. The highest BCUT2D eigenvalue weighted by molar-refractivity contribution is 5.96. The van der Waals surface area contributed by atoms with Crippen LogP contribution in [-0.4, -0.2) is 63.1 Å². The second-order valence-corrected chi connectivity index (χ2v) is 8.03. The molecule has 0 saturated heterocycles. The van der Waals surface area contributed by atoms with Gasteiger partial charge in [-0.05, 0) is 49.8 Å². The van der Waals surface area contributed by atoms with Crippen LogP contribution in [0.25, 0.3) is 0 Å². The lowest BCUT2D eigenvalue weighted by Crippen LogP contribution is -2.44. The molecular weight excluding hydrogens is 453 g/mol. The first kappa shape index (κ1) is 33.1. The van der Waals surface area contributed by atoms with Crippen LogP contribution in [-0.2, 0) is 4.74 Å². The van der Waals surface area contributed by atoms with E-state index in [-0.39, 0.29) is 42.7 Å². The number of methoxy groups -OCH3 is 1. The van der Waals surface area contributed by atoms with Crippen molar-refractivity contribution in [1.29, 1.82) is 0 Å². The van der Waals surface area contributed by atoms with E-state index in [0.29, 0.717) is 50.0 Å². The SMILES string of the molecule is CCNCC(O)C(N)CC(CNC(=O)c1ccccc1OCCCCOC)C(C)C.Cl.Cl. The third-order valence-electron chi connectivity index (χ3n) is 5.27. The summed E-state index contributed by atoms with van der Waals surface area (Å²) < 4.78 is 10.9. The van der Waals surface area contributed by atoms with Gasteiger partial charge >= 0.3 is 0 Å². The van der Waals surface area contributed by atoms with E-state index in [1.165, 1.54) is 0 Å². The Hall–Kier alpha value is -1.09. The van der Waals surface area contributed by atoms with Crippen molar-refractivity contribution in [2.75, 3.05) is 40.0 Å². The maximum atomic E-state index is 12.8. The molecule has 0 radical (unpaired) electrons. The zero-order valence-corrected chi connectivity index (χ0v) is 21.5. The summed E-state index contributed by atoms with van der Waals surface area (Å²) in [5.74, 6) is 0.929. The molecule has 32 heavy (non-hydrogen) atoms. The predicted molar refractivity (Wildman–Crippen MR) is 135 cm³/mol. The summed E-state index contributed by atoms with van der Waals surface area (Å²) in [5, 5.41) is 16.4. The molecule has 1 aromatic carbocycles. The van der Waals surface area contributed by atoms with Crippen LogP contribution in [0.3, 0.4) is 0 Å². The Morgan fingerprint density at radius 3 is 2.41 bits per heavy atom. The first-order valence-corrected chi connectivity index (χ1v) is 11.0. The van der Waals surface area contributed by atoms with Crippen molar-refractivity contribution >= 4 is 30.7 Å². The summed E-state index contributed by atoms with van der Waals surface area (Å²) >= 11 is 0. The number of hydrogen-bond donors (Lipinski definition) is 4. The number of likely N-dealkylation sites (N-methyl/N-ethyl adjacent to an activating group) is 1. The fraction of sp³-hybridized carbons (Fsp3) is 0.696. The summed E-state index contributed by atoms with van der Waals surface area (Å²) in [6.07, 6.45) is 1.82. The summed E-state index contributed by atoms with van der Waals surface area (Å²) in [4.78, 5) is 12.8. The highest BCUT2D eigenvalue weighted by Crippen LogP contribution is 2.20. The monoisotopic (exact) mass is 495 g/mol. The summed E-state index contributed by atoms with van der Waals surface area (Å²) in [6.45, 7) is 9.22. The number of carbonyl (C=O) groups is 1. The number of nitrogens with two attached hydrogens (primary N) is 1. The number of halogens is 2. The zero-order valence-electron chi connectivity index (χ0n) is 19.8. The predicted octanol–water partition coefficient (Wildman–Crippen LogP) is 3.03. The van der Waals surface area contributed by atoms with E-state index in [4.69, 9.17) is 15.2 Å². The van der Waals surface area contributed by atoms with Crippen LogP contribution in [0.5, 0.6) is 5.75 Å². The molecule has 1 aromatic rings. The van der Waals surface area contributed by atoms with E-state index in [1.807, 2.05) is 25.1 Å². The number of amides is 1. The lowest BCUT2D eigenvalue weighted by atomic mass is 9.87. The van der Waals surface area contributed by atoms with E-state index in [2.05, 4.69) is 24.5 Å². The number of carbonyl (C=O) groups excluding carboxylic acids is 1. The van der Waals surface area contributed by atoms with Crippen LogP contribution in [0.1, 0.15) is 50.4 Å². The van der Waals surface area contributed by atoms with Gasteiger partial charge in [0.05, 0.1) is 18.3 Å². The molecule has 0 bridgehead atoms. The third-order valence-corrected chi connectivity index (χ3v) is 5.27. The van der Waals surface area contributed by atoms with Crippen molar-refractivity contribution in [2.24, 2.45) is 17.6 Å². The molecule has 1 amide bonds. The van der Waals surface area contributed by atoms with Crippen LogP contribution in [0.2, 0.25) is 0 Å². The molecule has 9 heteroatoms. The number of para-hydroxylation sites is 1. The Kier molecular flexibility index (Phi) is 20.0. The van der Waals surface area contributed by atoms with Gasteiger partial charge in [-0.1, -0.05) is 32.9 Å². The standard InChI is InChI=1S/C23H41N3O4.2ClH/c1-5-25-16-21(27)20(24)14-18(17(2)3)15-26-23(28)19-10-6-7-11-22(19)30-13-9-8-12-29-4;;/h6-7,10-11,17-18,20-21,25,27H,5,8-9,12-16,24H2,1-4H3,(H,26,28);2*1H. The molecule has 1 rings (SSSR count). The maximum absolute atomic E-state index is 12.8. The first-order chi connectivity index (χ1) is 14.4. The van der Waals surface area contributed by atoms with Crippen LogP contribution in [0.15, 0.2) is 24.3 Å². The molecule has 0 aliphatic carbocycles. The average Bonchev–Trinajstić information content (AvgIpc) is 2.74. The van der Waals surface area contributed by atoms with Crippen molar-refractivity contribution in [2.45, 2.75) is 52.2 Å². The van der Waals surface area contributed by atoms with Gasteiger partial charge in [-0.15, -0.1) is 24.8 Å². The Morgan fingerprint density at radius 2 is 1.78 bits per heavy atom. The van der Waals surface area contributed by atoms with E-state index < -0.39 is 6.10 Å². The lowest BCUT2D eigenvalue weighted by molar-refractivity contribution is 0.0927. The van der Waals surface area contributed by atoms with Crippen molar-refractivity contribution in [3.8, 4) is 5.75 Å². The largest absolute Gasteiger partial charge is 0.493 e. The molecule has 0 heterocycles. The molecular formula is C23H43Cl2N3O4. The second-order valence-electron chi connectivity index (χ2n) is 8.03. The minimum atomic E-state index is -0.603. The molecule has 5 N–H and O–H groups in total. The third kappa shape index (κ3) is 12.8. The molecule has 0 saturated carbocycles. The summed E-state index contributed by atoms with van der Waals surface area (Å²) in [6, 6.07) is 6.95. The fourth-order valence-electron chi connectivity index (χ4n) is 3.17. The lowest BCUT2D eigenvalue weighted by Gasteiger charge is -2.27. The number of rotatable bonds is 16. The average molecular weight is 497 g/mol. The highest BCUT2D eigenvalue weighted by atomic mass is 35.5. The second kappa shape index (κ2) is 19.4. The number of unbranched alkanes of at least 4 members (excludes halogenated alkanes) is 1. The zero-order chi connectivity index (χ0) is 22.4. The molecule has 7 nitrogen and oxygen atoms in total. The quantitative estimate of drug-likeness (QED) is 0.262. The van der Waals surface area contributed by atoms with Gasteiger partial charge in [0.2, 0.25) is 0 Å². The molecule has 3 atom stereocenters. The number of nitrogens with one attached hydrogen (secondary N) is 2. The molecule has 0 aliphatic heterocycles. The summed E-state index contributed by atoms with van der Waals surface area (Å²) in [5.41, 5.74) is 6.73. The minimum absolute atomic E-state index is 0. The molecule has 0 aliphatic rings. The van der Waals surface area contributed by atoms with Crippen LogP contribution >= 0.6 is 24.8 Å². The molecule has 0 spiro atoms. The number of aliphatic hydroxyl groups is 1. The van der Waals surface area contributed by atoms with Crippen molar-refractivity contribution in [3.05, 3.63) is 29.8 Å². The number of ether oxygens (including phenoxy) is 2. The van der Waals surface area contributed by atoms with Crippen molar-refractivity contribution < 1.29 is 19.4 Å². The fourth-order valence-corrected chi connectivity index (χ4v) is 3.17. The van der Waals surface area contributed by atoms with E-state index in [0.717, 1.165) is 19.4 Å². The molecule has 3 unspecified atom stereocenters. The Labute approximate surface area is 206 Å². The van der Waals surface area contributed by atoms with Gasteiger partial charge in [-0.2, -0.15) is 0 Å². The minimum Gasteiger partial charge on any atom is -0.493 e. The van der Waals surface area contributed by atoms with Gasteiger partial charge < -0.3 is 30.9 Å². The molecule has 188 valence electrons. The van der Waals surface area contributed by atoms with Gasteiger partial charge in [0.15, 0.2) is 0 Å².